The predicted octanol–water partition coefficient (Wildman–Crippen LogP) is 3.47. The van der Waals surface area contributed by atoms with E-state index in [4.69, 9.17) is 0 Å². The number of nitrogens with one attached hydrogen (secondary N) is 1. The van der Waals surface area contributed by atoms with Gasteiger partial charge < -0.3 is 5.32 Å². The quantitative estimate of drug-likeness (QED) is 0.857. The fourth-order valence-electron chi connectivity index (χ4n) is 2.00. The van der Waals surface area contributed by atoms with Gasteiger partial charge in [-0.05, 0) is 60.8 Å². The molecule has 0 amide bonds. The minimum Gasteiger partial charge on any atom is -0.369 e. The first kappa shape index (κ1) is 14.1. The fourth-order valence-corrected chi connectivity index (χ4v) is 2.60. The number of hydrogen-bond donors (Lipinski definition) is 1. The number of pyridine rings is 1. The summed E-state index contributed by atoms with van der Waals surface area (Å²) < 4.78 is 3.06. The van der Waals surface area contributed by atoms with Crippen LogP contribution in [0.25, 0.3) is 0 Å². The zero-order valence-corrected chi connectivity index (χ0v) is 13.2. The Bertz CT molecular complexity index is 563. The lowest BCUT2D eigenvalue weighted by Gasteiger charge is -2.08. The first-order valence-electron chi connectivity index (χ1n) is 6.43. The van der Waals surface area contributed by atoms with Crippen molar-refractivity contribution >= 4 is 21.7 Å². The second-order valence-electron chi connectivity index (χ2n) is 4.77. The topological polar surface area (TPSA) is 42.7 Å². The lowest BCUT2D eigenvalue weighted by atomic mass is 10.3. The summed E-state index contributed by atoms with van der Waals surface area (Å²) in [6.45, 7) is 7.95. The lowest BCUT2D eigenvalue weighted by Crippen LogP contribution is -2.10. The van der Waals surface area contributed by atoms with E-state index in [-0.39, 0.29) is 0 Å². The Hall–Kier alpha value is -1.36. The summed E-state index contributed by atoms with van der Waals surface area (Å²) in [6, 6.07) is 4.17. The van der Waals surface area contributed by atoms with E-state index in [1.165, 1.54) is 5.69 Å². The molecule has 2 aromatic rings. The maximum atomic E-state index is 4.45. The smallest absolute Gasteiger partial charge is 0.140 e. The van der Waals surface area contributed by atoms with Gasteiger partial charge in [-0.3, -0.25) is 4.68 Å². The van der Waals surface area contributed by atoms with Crippen molar-refractivity contribution < 1.29 is 0 Å². The number of hydrogen-bond acceptors (Lipinski definition) is 3. The van der Waals surface area contributed by atoms with Crippen LogP contribution in [0.2, 0.25) is 0 Å². The van der Waals surface area contributed by atoms with Crippen molar-refractivity contribution in [3.05, 3.63) is 39.8 Å². The SMILES string of the molecule is Cc1cnc(NCCCn2nc(C)cc2C)c(Br)c1. The van der Waals surface area contributed by atoms with Crippen molar-refractivity contribution in [2.24, 2.45) is 0 Å². The normalized spacial score (nSPS) is 10.7. The molecular formula is C14H19BrN4. The molecule has 19 heavy (non-hydrogen) atoms. The van der Waals surface area contributed by atoms with Gasteiger partial charge in [-0.25, -0.2) is 4.98 Å². The number of anilines is 1. The van der Waals surface area contributed by atoms with Crippen LogP contribution in [0.15, 0.2) is 22.8 Å². The summed E-state index contributed by atoms with van der Waals surface area (Å²) in [7, 11) is 0. The third-order valence-corrected chi connectivity index (χ3v) is 3.52. The number of aryl methyl sites for hydroxylation is 4. The Morgan fingerprint density at radius 3 is 2.68 bits per heavy atom. The third kappa shape index (κ3) is 3.80. The van der Waals surface area contributed by atoms with Crippen molar-refractivity contribution in [3.8, 4) is 0 Å². The van der Waals surface area contributed by atoms with Gasteiger partial charge in [0.25, 0.3) is 0 Å². The van der Waals surface area contributed by atoms with Gasteiger partial charge in [-0.2, -0.15) is 5.10 Å². The molecule has 0 aliphatic heterocycles. The molecule has 0 aliphatic carbocycles. The summed E-state index contributed by atoms with van der Waals surface area (Å²) in [5.74, 6) is 0.902. The van der Waals surface area contributed by atoms with E-state index in [0.29, 0.717) is 0 Å². The summed E-state index contributed by atoms with van der Waals surface area (Å²) in [6.07, 6.45) is 2.89. The monoisotopic (exact) mass is 322 g/mol. The van der Waals surface area contributed by atoms with Gasteiger partial charge in [-0.15, -0.1) is 0 Å². The zero-order chi connectivity index (χ0) is 13.8. The molecule has 0 unspecified atom stereocenters. The van der Waals surface area contributed by atoms with Crippen LogP contribution >= 0.6 is 15.9 Å². The van der Waals surface area contributed by atoms with Gasteiger partial charge >= 0.3 is 0 Å². The molecule has 0 radical (unpaired) electrons. The van der Waals surface area contributed by atoms with Crippen LogP contribution in [0.4, 0.5) is 5.82 Å². The molecule has 2 heterocycles. The molecule has 0 aromatic carbocycles. The van der Waals surface area contributed by atoms with Crippen LogP contribution < -0.4 is 5.32 Å². The largest absolute Gasteiger partial charge is 0.369 e. The van der Waals surface area contributed by atoms with Gasteiger partial charge in [0.05, 0.1) is 10.2 Å². The van der Waals surface area contributed by atoms with Crippen LogP contribution in [0.1, 0.15) is 23.4 Å². The van der Waals surface area contributed by atoms with E-state index >= 15 is 0 Å². The van der Waals surface area contributed by atoms with Crippen molar-refractivity contribution in [2.45, 2.75) is 33.7 Å². The van der Waals surface area contributed by atoms with Crippen LogP contribution in [0, 0.1) is 20.8 Å². The van der Waals surface area contributed by atoms with Crippen molar-refractivity contribution in [2.75, 3.05) is 11.9 Å². The standard InChI is InChI=1S/C14H19BrN4/c1-10-7-13(15)14(17-9-10)16-5-4-6-19-12(3)8-11(2)18-19/h7-9H,4-6H2,1-3H3,(H,16,17). The van der Waals surface area contributed by atoms with E-state index in [1.54, 1.807) is 0 Å². The number of nitrogens with zero attached hydrogens (tertiary/aromatic N) is 3. The van der Waals surface area contributed by atoms with E-state index in [2.05, 4.69) is 55.1 Å². The Morgan fingerprint density at radius 1 is 1.26 bits per heavy atom. The first-order valence-corrected chi connectivity index (χ1v) is 7.22. The van der Waals surface area contributed by atoms with E-state index in [1.807, 2.05) is 20.0 Å². The van der Waals surface area contributed by atoms with Gasteiger partial charge in [0.1, 0.15) is 5.82 Å². The Morgan fingerprint density at radius 2 is 2.05 bits per heavy atom. The molecule has 0 bridgehead atoms. The molecule has 0 saturated carbocycles. The fraction of sp³-hybridized carbons (Fsp3) is 0.429. The third-order valence-electron chi connectivity index (χ3n) is 2.92. The number of aromatic nitrogens is 3. The molecule has 2 aromatic heterocycles. The van der Waals surface area contributed by atoms with Gasteiger partial charge in [0.2, 0.25) is 0 Å². The van der Waals surface area contributed by atoms with Crippen LogP contribution in [0.3, 0.4) is 0 Å². The molecule has 0 fully saturated rings. The van der Waals surface area contributed by atoms with Gasteiger partial charge in [0.15, 0.2) is 0 Å². The average molecular weight is 323 g/mol. The number of halogens is 1. The van der Waals surface area contributed by atoms with Crippen LogP contribution in [-0.4, -0.2) is 21.3 Å². The minimum atomic E-state index is 0.882. The van der Waals surface area contributed by atoms with E-state index in [0.717, 1.165) is 41.1 Å². The molecule has 0 aliphatic rings. The lowest BCUT2D eigenvalue weighted by molar-refractivity contribution is 0.573. The molecular weight excluding hydrogens is 304 g/mol. The van der Waals surface area contributed by atoms with Crippen molar-refractivity contribution in [1.82, 2.24) is 14.8 Å². The van der Waals surface area contributed by atoms with Crippen molar-refractivity contribution in [1.29, 1.82) is 0 Å². The minimum absolute atomic E-state index is 0.882. The Balaban J connectivity index is 1.82. The molecule has 0 saturated heterocycles. The summed E-state index contributed by atoms with van der Waals surface area (Å²) >= 11 is 3.52. The zero-order valence-electron chi connectivity index (χ0n) is 11.6. The highest BCUT2D eigenvalue weighted by atomic mass is 79.9. The highest BCUT2D eigenvalue weighted by molar-refractivity contribution is 9.10. The van der Waals surface area contributed by atoms with Crippen LogP contribution in [0.5, 0.6) is 0 Å². The molecule has 2 rings (SSSR count). The Labute approximate surface area is 122 Å². The molecule has 1 N–H and O–H groups in total. The highest BCUT2D eigenvalue weighted by Crippen LogP contribution is 2.20. The van der Waals surface area contributed by atoms with Gasteiger partial charge in [0, 0.05) is 25.0 Å². The highest BCUT2D eigenvalue weighted by Gasteiger charge is 2.02. The van der Waals surface area contributed by atoms with E-state index < -0.39 is 0 Å². The summed E-state index contributed by atoms with van der Waals surface area (Å²) in [5, 5.41) is 7.79. The number of rotatable bonds is 5. The molecule has 4 nitrogen and oxygen atoms in total. The van der Waals surface area contributed by atoms with Crippen LogP contribution in [-0.2, 0) is 6.54 Å². The maximum absolute atomic E-state index is 4.45. The molecule has 0 spiro atoms. The van der Waals surface area contributed by atoms with E-state index in [9.17, 15) is 0 Å². The maximum Gasteiger partial charge on any atom is 0.140 e. The Kier molecular flexibility index (Phi) is 4.58. The summed E-state index contributed by atoms with van der Waals surface area (Å²) in [5.41, 5.74) is 3.45. The molecule has 0 atom stereocenters. The van der Waals surface area contributed by atoms with Crippen molar-refractivity contribution in [3.63, 3.8) is 0 Å². The molecule has 102 valence electrons. The second kappa shape index (κ2) is 6.19. The predicted molar refractivity (Wildman–Crippen MR) is 81.5 cm³/mol. The van der Waals surface area contributed by atoms with Gasteiger partial charge in [-0.1, -0.05) is 0 Å². The average Bonchev–Trinajstić information content (AvgIpc) is 2.65. The first-order chi connectivity index (χ1) is 9.06. The molecule has 5 heteroatoms. The summed E-state index contributed by atoms with van der Waals surface area (Å²) in [4.78, 5) is 4.36. The second-order valence-corrected chi connectivity index (χ2v) is 5.63.